The maximum atomic E-state index is 10.4. The summed E-state index contributed by atoms with van der Waals surface area (Å²) in [4.78, 5) is 13.3. The first-order valence-corrected chi connectivity index (χ1v) is 4.08. The van der Waals surface area contributed by atoms with Gasteiger partial charge in [-0.25, -0.2) is 4.79 Å². The Morgan fingerprint density at radius 3 is 2.85 bits per heavy atom. The van der Waals surface area contributed by atoms with Crippen LogP contribution in [0.25, 0.3) is 10.9 Å². The smallest absolute Gasteiger partial charge is 0.397 e. The van der Waals surface area contributed by atoms with Crippen molar-refractivity contribution >= 4 is 27.9 Å². The van der Waals surface area contributed by atoms with E-state index in [9.17, 15) is 4.79 Å². The summed E-state index contributed by atoms with van der Waals surface area (Å²) in [5.74, 6) is 0.362. The number of halogens is 1. The first-order chi connectivity index (χ1) is 6.25. The van der Waals surface area contributed by atoms with Crippen LogP contribution in [0.15, 0.2) is 30.3 Å². The van der Waals surface area contributed by atoms with Crippen LogP contribution < -0.4 is 4.74 Å². The van der Waals surface area contributed by atoms with Gasteiger partial charge in [-0.3, -0.25) is 0 Å². The van der Waals surface area contributed by atoms with Gasteiger partial charge in [0.25, 0.3) is 0 Å². The highest BCUT2D eigenvalue weighted by atomic mass is 35.5. The fourth-order valence-corrected chi connectivity index (χ4v) is 1.27. The van der Waals surface area contributed by atoms with Gasteiger partial charge in [-0.1, -0.05) is 18.2 Å². The van der Waals surface area contributed by atoms with Crippen LogP contribution in [0.5, 0.6) is 5.88 Å². The predicted octanol–water partition coefficient (Wildman–Crippen LogP) is 2.91. The lowest BCUT2D eigenvalue weighted by atomic mass is 10.3. The standard InChI is InChI=1S/C9H6ClNO2/c10-9(12)13-8-5-6-3-1-2-4-7(6)11-8/h1-5,11H. The molecule has 1 aromatic carbocycles. The average molecular weight is 196 g/mol. The minimum Gasteiger partial charge on any atom is -0.397 e. The molecule has 0 spiro atoms. The van der Waals surface area contributed by atoms with Gasteiger partial charge in [0.05, 0.1) is 0 Å². The lowest BCUT2D eigenvalue weighted by Gasteiger charge is -1.91. The van der Waals surface area contributed by atoms with E-state index in [4.69, 9.17) is 11.6 Å². The van der Waals surface area contributed by atoms with Crippen LogP contribution in [0.4, 0.5) is 4.79 Å². The van der Waals surface area contributed by atoms with Gasteiger partial charge in [-0.15, -0.1) is 0 Å². The van der Waals surface area contributed by atoms with E-state index >= 15 is 0 Å². The third kappa shape index (κ3) is 1.65. The van der Waals surface area contributed by atoms with Gasteiger partial charge in [0.1, 0.15) is 0 Å². The second kappa shape index (κ2) is 3.11. The monoisotopic (exact) mass is 195 g/mol. The van der Waals surface area contributed by atoms with Crippen LogP contribution in [0, 0.1) is 0 Å². The van der Waals surface area contributed by atoms with E-state index in [0.29, 0.717) is 5.88 Å². The molecule has 2 rings (SSSR count). The second-order valence-electron chi connectivity index (χ2n) is 2.56. The summed E-state index contributed by atoms with van der Waals surface area (Å²) in [5, 5.41) is 0.982. The zero-order valence-electron chi connectivity index (χ0n) is 6.58. The Bertz CT molecular complexity index is 417. The number of nitrogens with one attached hydrogen (secondary N) is 1. The Balaban J connectivity index is 2.44. The molecular weight excluding hydrogens is 190 g/mol. The summed E-state index contributed by atoms with van der Waals surface area (Å²) in [7, 11) is 0. The lowest BCUT2D eigenvalue weighted by Crippen LogP contribution is -1.95. The number of aromatic nitrogens is 1. The number of aromatic amines is 1. The molecule has 66 valence electrons. The largest absolute Gasteiger partial charge is 0.410 e. The van der Waals surface area contributed by atoms with Crippen molar-refractivity contribution in [1.82, 2.24) is 4.98 Å². The number of carbonyl (C=O) groups excluding carboxylic acids is 1. The van der Waals surface area contributed by atoms with Gasteiger partial charge in [0.15, 0.2) is 0 Å². The molecule has 0 saturated carbocycles. The van der Waals surface area contributed by atoms with Crippen LogP contribution in [-0.4, -0.2) is 10.4 Å². The summed E-state index contributed by atoms with van der Waals surface area (Å²) < 4.78 is 4.67. The van der Waals surface area contributed by atoms with Gasteiger partial charge < -0.3 is 9.72 Å². The zero-order valence-corrected chi connectivity index (χ0v) is 7.34. The number of para-hydroxylation sites is 1. The Morgan fingerprint density at radius 1 is 1.38 bits per heavy atom. The molecule has 3 nitrogen and oxygen atoms in total. The molecule has 0 fully saturated rings. The zero-order chi connectivity index (χ0) is 9.26. The van der Waals surface area contributed by atoms with Crippen LogP contribution in [0.1, 0.15) is 0 Å². The van der Waals surface area contributed by atoms with Gasteiger partial charge in [-0.2, -0.15) is 0 Å². The van der Waals surface area contributed by atoms with E-state index in [1.165, 1.54) is 0 Å². The van der Waals surface area contributed by atoms with Crippen LogP contribution in [0.2, 0.25) is 0 Å². The fraction of sp³-hybridized carbons (Fsp3) is 0. The van der Waals surface area contributed by atoms with Crippen molar-refractivity contribution in [3.05, 3.63) is 30.3 Å². The molecular formula is C9H6ClNO2. The quantitative estimate of drug-likeness (QED) is 0.711. The molecule has 1 heterocycles. The molecule has 0 saturated heterocycles. The van der Waals surface area contributed by atoms with Crippen molar-refractivity contribution in [2.24, 2.45) is 0 Å². The average Bonchev–Trinajstić information content (AvgIpc) is 2.44. The minimum absolute atomic E-state index is 0.362. The highest BCUT2D eigenvalue weighted by Gasteiger charge is 2.03. The van der Waals surface area contributed by atoms with E-state index in [0.717, 1.165) is 10.9 Å². The Morgan fingerprint density at radius 2 is 2.15 bits per heavy atom. The molecule has 0 unspecified atom stereocenters. The maximum absolute atomic E-state index is 10.4. The molecule has 0 aliphatic rings. The summed E-state index contributed by atoms with van der Waals surface area (Å²) in [6.07, 6.45) is 0. The molecule has 2 aromatic rings. The Kier molecular flexibility index (Phi) is 1.94. The molecule has 1 N–H and O–H groups in total. The number of rotatable bonds is 1. The molecule has 13 heavy (non-hydrogen) atoms. The third-order valence-corrected chi connectivity index (χ3v) is 1.77. The first-order valence-electron chi connectivity index (χ1n) is 3.71. The van der Waals surface area contributed by atoms with Crippen molar-refractivity contribution in [2.45, 2.75) is 0 Å². The van der Waals surface area contributed by atoms with Gasteiger partial charge in [-0.05, 0) is 6.07 Å². The van der Waals surface area contributed by atoms with E-state index < -0.39 is 5.43 Å². The Hall–Kier alpha value is -1.48. The van der Waals surface area contributed by atoms with Crippen molar-refractivity contribution in [3.63, 3.8) is 0 Å². The van der Waals surface area contributed by atoms with E-state index in [-0.39, 0.29) is 0 Å². The molecule has 0 amide bonds. The molecule has 0 aliphatic heterocycles. The normalized spacial score (nSPS) is 10.2. The number of hydrogen-bond acceptors (Lipinski definition) is 2. The lowest BCUT2D eigenvalue weighted by molar-refractivity contribution is 0.224. The topological polar surface area (TPSA) is 42.1 Å². The Labute approximate surface area is 79.3 Å². The SMILES string of the molecule is O=C(Cl)Oc1cc2ccccc2[nH]1. The van der Waals surface area contributed by atoms with Gasteiger partial charge >= 0.3 is 5.43 Å². The number of fused-ring (bicyclic) bond motifs is 1. The summed E-state index contributed by atoms with van der Waals surface area (Å²) in [6, 6.07) is 9.32. The summed E-state index contributed by atoms with van der Waals surface area (Å²) in [5.41, 5.74) is 0.0713. The predicted molar refractivity (Wildman–Crippen MR) is 50.2 cm³/mol. The van der Waals surface area contributed by atoms with E-state index in [2.05, 4.69) is 9.72 Å². The number of ether oxygens (including phenoxy) is 1. The van der Waals surface area contributed by atoms with Crippen molar-refractivity contribution in [3.8, 4) is 5.88 Å². The number of benzene rings is 1. The highest BCUT2D eigenvalue weighted by Crippen LogP contribution is 2.20. The van der Waals surface area contributed by atoms with Crippen molar-refractivity contribution in [1.29, 1.82) is 0 Å². The highest BCUT2D eigenvalue weighted by molar-refractivity contribution is 6.61. The molecule has 4 heteroatoms. The van der Waals surface area contributed by atoms with E-state index in [1.54, 1.807) is 6.07 Å². The fourth-order valence-electron chi connectivity index (χ4n) is 1.19. The van der Waals surface area contributed by atoms with Crippen LogP contribution >= 0.6 is 11.6 Å². The molecule has 1 aromatic heterocycles. The third-order valence-electron chi connectivity index (χ3n) is 1.70. The van der Waals surface area contributed by atoms with Crippen molar-refractivity contribution < 1.29 is 9.53 Å². The van der Waals surface area contributed by atoms with E-state index in [1.807, 2.05) is 24.3 Å². The second-order valence-corrected chi connectivity index (χ2v) is 2.87. The molecule has 0 bridgehead atoms. The number of hydrogen-bond donors (Lipinski definition) is 1. The summed E-state index contributed by atoms with van der Waals surface area (Å²) in [6.45, 7) is 0. The summed E-state index contributed by atoms with van der Waals surface area (Å²) >= 11 is 5.06. The molecule has 0 radical (unpaired) electrons. The van der Waals surface area contributed by atoms with Gasteiger partial charge in [0.2, 0.25) is 5.88 Å². The molecule has 0 atom stereocenters. The van der Waals surface area contributed by atoms with Gasteiger partial charge in [0, 0.05) is 28.6 Å². The van der Waals surface area contributed by atoms with Crippen LogP contribution in [-0.2, 0) is 0 Å². The number of carbonyl (C=O) groups is 1. The first kappa shape index (κ1) is 8.13. The molecule has 0 aliphatic carbocycles. The number of H-pyrrole nitrogens is 1. The minimum atomic E-state index is -0.841. The van der Waals surface area contributed by atoms with Crippen molar-refractivity contribution in [2.75, 3.05) is 0 Å². The van der Waals surface area contributed by atoms with Crippen LogP contribution in [0.3, 0.4) is 0 Å². The maximum Gasteiger partial charge on any atom is 0.410 e.